The highest BCUT2D eigenvalue weighted by atomic mass is 32.2. The summed E-state index contributed by atoms with van der Waals surface area (Å²) in [5.41, 5.74) is 0.706. The molecule has 12 heteroatoms. The molecule has 2 aliphatic carbocycles. The van der Waals surface area contributed by atoms with E-state index >= 15 is 0 Å². The van der Waals surface area contributed by atoms with E-state index in [-0.39, 0.29) is 23.1 Å². The van der Waals surface area contributed by atoms with E-state index in [1.54, 1.807) is 6.07 Å². The molecule has 2 aromatic carbocycles. The van der Waals surface area contributed by atoms with Crippen LogP contribution in [0, 0.1) is 29.2 Å². The van der Waals surface area contributed by atoms with Crippen LogP contribution >= 0.6 is 24.1 Å². The molecule has 0 unspecified atom stereocenters. The molecule has 3 fully saturated rings. The molecule has 1 heterocycles. The van der Waals surface area contributed by atoms with Gasteiger partial charge in [-0.05, 0) is 73.9 Å². The Morgan fingerprint density at radius 2 is 1.68 bits per heavy atom. The molecular formula is C25H27F4N3O3S2. The van der Waals surface area contributed by atoms with Crippen LogP contribution in [0.4, 0.5) is 23.2 Å². The second-order valence-corrected chi connectivity index (χ2v) is 11.8. The average molecular weight is 558 g/mol. The van der Waals surface area contributed by atoms with Crippen LogP contribution < -0.4 is 13.9 Å². The standard InChI is InChI=1S/C25H27F4N3O3S2/c26-20-12-23(18(15-1-2-15)11-19(20)25(33)30-36-17-3-4-17)35-13-14-5-7-31(8-6-14)37-32(34)16-9-21(27)24(29)22(28)10-16/h9-12,14-15,17,34H,1-8,13H2,(H,30,33). The number of hydrogen-bond donors (Lipinski definition) is 2. The molecule has 2 saturated carbocycles. The second-order valence-electron chi connectivity index (χ2n) is 9.65. The molecule has 37 heavy (non-hydrogen) atoms. The number of hydrogen-bond acceptors (Lipinski definition) is 7. The minimum absolute atomic E-state index is 0.0437. The molecule has 0 spiro atoms. The van der Waals surface area contributed by atoms with E-state index in [2.05, 4.69) is 4.72 Å². The zero-order chi connectivity index (χ0) is 26.1. The van der Waals surface area contributed by atoms with Gasteiger partial charge in [0.25, 0.3) is 5.91 Å². The number of piperidine rings is 1. The highest BCUT2D eigenvalue weighted by molar-refractivity contribution is 7.98. The predicted octanol–water partition coefficient (Wildman–Crippen LogP) is 6.21. The minimum Gasteiger partial charge on any atom is -0.493 e. The van der Waals surface area contributed by atoms with Gasteiger partial charge < -0.3 is 4.74 Å². The summed E-state index contributed by atoms with van der Waals surface area (Å²) in [6.45, 7) is 1.53. The van der Waals surface area contributed by atoms with Crippen molar-refractivity contribution >= 4 is 35.7 Å². The van der Waals surface area contributed by atoms with Gasteiger partial charge in [0.15, 0.2) is 17.5 Å². The number of anilines is 1. The molecule has 200 valence electrons. The molecule has 0 aromatic heterocycles. The molecule has 5 rings (SSSR count). The zero-order valence-electron chi connectivity index (χ0n) is 19.9. The van der Waals surface area contributed by atoms with Crippen LogP contribution in [0.3, 0.4) is 0 Å². The number of carbonyl (C=O) groups excluding carboxylic acids is 1. The smallest absolute Gasteiger partial charge is 0.264 e. The van der Waals surface area contributed by atoms with Gasteiger partial charge >= 0.3 is 0 Å². The third-order valence-corrected chi connectivity index (χ3v) is 8.70. The molecule has 0 bridgehead atoms. The number of nitrogens with one attached hydrogen (secondary N) is 1. The lowest BCUT2D eigenvalue weighted by Gasteiger charge is -2.32. The lowest BCUT2D eigenvalue weighted by Crippen LogP contribution is -2.33. The van der Waals surface area contributed by atoms with Crippen molar-refractivity contribution in [2.45, 2.75) is 49.7 Å². The number of nitrogens with zero attached hydrogens (tertiary/aromatic N) is 2. The van der Waals surface area contributed by atoms with Crippen LogP contribution in [0.15, 0.2) is 24.3 Å². The fraction of sp³-hybridized carbons (Fsp3) is 0.480. The number of benzene rings is 2. The van der Waals surface area contributed by atoms with Crippen LogP contribution in [-0.4, -0.2) is 40.4 Å². The summed E-state index contributed by atoms with van der Waals surface area (Å²) in [4.78, 5) is 12.5. The molecule has 1 saturated heterocycles. The van der Waals surface area contributed by atoms with Crippen molar-refractivity contribution in [1.82, 2.24) is 9.03 Å². The number of halogens is 4. The van der Waals surface area contributed by atoms with Crippen LogP contribution in [0.2, 0.25) is 0 Å². The van der Waals surface area contributed by atoms with E-state index < -0.39 is 29.2 Å². The SMILES string of the molecule is O=C(NSC1CC1)c1cc(C2CC2)c(OCC2CCN(SN(O)c3cc(F)c(F)c(F)c3)CC2)cc1F. The summed E-state index contributed by atoms with van der Waals surface area (Å²) in [5, 5.41) is 10.6. The van der Waals surface area contributed by atoms with Crippen molar-refractivity contribution in [3.8, 4) is 5.75 Å². The maximum atomic E-state index is 14.8. The van der Waals surface area contributed by atoms with E-state index in [4.69, 9.17) is 4.74 Å². The van der Waals surface area contributed by atoms with E-state index in [1.165, 1.54) is 18.0 Å². The molecule has 2 aromatic rings. The summed E-state index contributed by atoms with van der Waals surface area (Å²) in [6.07, 6.45) is 5.56. The van der Waals surface area contributed by atoms with Crippen LogP contribution in [0.1, 0.15) is 60.4 Å². The number of carbonyl (C=O) groups is 1. The largest absolute Gasteiger partial charge is 0.493 e. The van der Waals surface area contributed by atoms with Gasteiger partial charge in [-0.2, -0.15) is 4.47 Å². The number of ether oxygens (including phenoxy) is 1. The normalized spacial score (nSPS) is 18.6. The Hall–Kier alpha value is -2.15. The fourth-order valence-electron chi connectivity index (χ4n) is 4.14. The predicted molar refractivity (Wildman–Crippen MR) is 134 cm³/mol. The maximum Gasteiger partial charge on any atom is 0.264 e. The van der Waals surface area contributed by atoms with Gasteiger partial charge in [0.2, 0.25) is 0 Å². The third kappa shape index (κ3) is 6.65. The molecule has 6 nitrogen and oxygen atoms in total. The van der Waals surface area contributed by atoms with Gasteiger partial charge in [0, 0.05) is 36.5 Å². The van der Waals surface area contributed by atoms with Gasteiger partial charge in [-0.25, -0.2) is 21.9 Å². The van der Waals surface area contributed by atoms with Crippen LogP contribution in [0.25, 0.3) is 0 Å². The van der Waals surface area contributed by atoms with E-state index in [1.807, 2.05) is 4.31 Å². The third-order valence-electron chi connectivity index (χ3n) is 6.63. The first-order chi connectivity index (χ1) is 17.8. The van der Waals surface area contributed by atoms with Crippen molar-refractivity contribution in [3.63, 3.8) is 0 Å². The highest BCUT2D eigenvalue weighted by Crippen LogP contribution is 2.45. The number of rotatable bonds is 10. The maximum absolute atomic E-state index is 14.8. The van der Waals surface area contributed by atoms with Gasteiger partial charge in [-0.3, -0.25) is 14.7 Å². The van der Waals surface area contributed by atoms with Crippen molar-refractivity contribution in [1.29, 1.82) is 0 Å². The summed E-state index contributed by atoms with van der Waals surface area (Å²) in [5.74, 6) is -4.42. The van der Waals surface area contributed by atoms with Crippen molar-refractivity contribution < 1.29 is 32.3 Å². The Kier molecular flexibility index (Phi) is 8.08. The molecule has 1 amide bonds. The molecule has 2 N–H and O–H groups in total. The molecular weight excluding hydrogens is 530 g/mol. The topological polar surface area (TPSA) is 65.0 Å². The minimum atomic E-state index is -1.59. The second kappa shape index (κ2) is 11.3. The first kappa shape index (κ1) is 26.5. The Labute approximate surface area is 221 Å². The van der Waals surface area contributed by atoms with E-state index in [0.29, 0.717) is 35.2 Å². The Morgan fingerprint density at radius 3 is 2.30 bits per heavy atom. The van der Waals surface area contributed by atoms with Gasteiger partial charge in [-0.15, -0.1) is 0 Å². The van der Waals surface area contributed by atoms with Gasteiger partial charge in [-0.1, -0.05) is 0 Å². The lowest BCUT2D eigenvalue weighted by atomic mass is 9.99. The molecule has 0 atom stereocenters. The first-order valence-corrected chi connectivity index (χ1v) is 13.9. The van der Waals surface area contributed by atoms with Crippen molar-refractivity contribution in [2.75, 3.05) is 24.2 Å². The fourth-order valence-corrected chi connectivity index (χ4v) is 5.68. The van der Waals surface area contributed by atoms with E-state index in [0.717, 1.165) is 68.4 Å². The summed E-state index contributed by atoms with van der Waals surface area (Å²) in [6, 6.07) is 4.40. The zero-order valence-corrected chi connectivity index (χ0v) is 21.5. The summed E-state index contributed by atoms with van der Waals surface area (Å²) >= 11 is 2.23. The van der Waals surface area contributed by atoms with Crippen molar-refractivity contribution in [2.24, 2.45) is 5.92 Å². The quantitative estimate of drug-likeness (QED) is 0.156. The average Bonchev–Trinajstić information content (AvgIpc) is 3.80. The van der Waals surface area contributed by atoms with Crippen LogP contribution in [-0.2, 0) is 0 Å². The molecule has 0 radical (unpaired) electrons. The number of amides is 1. The van der Waals surface area contributed by atoms with Gasteiger partial charge in [0.1, 0.15) is 11.6 Å². The Bertz CT molecular complexity index is 1140. The Morgan fingerprint density at radius 1 is 1.00 bits per heavy atom. The first-order valence-electron chi connectivity index (χ1n) is 12.3. The lowest BCUT2D eigenvalue weighted by molar-refractivity contribution is 0.0980. The summed E-state index contributed by atoms with van der Waals surface area (Å²) in [7, 11) is 0. The summed E-state index contributed by atoms with van der Waals surface area (Å²) < 4.78 is 66.1. The molecule has 1 aliphatic heterocycles. The highest BCUT2D eigenvalue weighted by Gasteiger charge is 2.31. The van der Waals surface area contributed by atoms with Crippen LogP contribution in [0.5, 0.6) is 5.75 Å². The molecule has 3 aliphatic rings. The Balaban J connectivity index is 1.13. The van der Waals surface area contributed by atoms with Gasteiger partial charge in [0.05, 0.1) is 30.0 Å². The van der Waals surface area contributed by atoms with Crippen molar-refractivity contribution in [3.05, 3.63) is 58.7 Å². The monoisotopic (exact) mass is 557 g/mol. The van der Waals surface area contributed by atoms with E-state index in [9.17, 15) is 27.6 Å².